The molecule has 1 saturated heterocycles. The van der Waals surface area contributed by atoms with Crippen molar-refractivity contribution in [1.82, 2.24) is 9.88 Å². The van der Waals surface area contributed by atoms with Crippen molar-refractivity contribution in [1.29, 1.82) is 0 Å². The quantitative estimate of drug-likeness (QED) is 0.668. The molecule has 1 aromatic heterocycles. The maximum absolute atomic E-state index is 12.8. The predicted octanol–water partition coefficient (Wildman–Crippen LogP) is 4.06. The molecule has 2 aromatic carbocycles. The van der Waals surface area contributed by atoms with Gasteiger partial charge < -0.3 is 18.8 Å². The molecule has 1 amide bonds. The minimum absolute atomic E-state index is 0.0599. The molecule has 0 saturated carbocycles. The first-order valence-electron chi connectivity index (χ1n) is 9.50. The standard InChI is InChI=1S/C22H24N2O4/c1-14-5-4-10-24(14)22(25)16-7-8-17-19(13-16)28-21(23-17)12-15-6-9-18(26-2)20(11-15)27-3/h6-9,11,13-14H,4-5,10,12H2,1-3H3/t14-/m0/s1. The Labute approximate surface area is 164 Å². The highest BCUT2D eigenvalue weighted by atomic mass is 16.5. The number of amides is 1. The Morgan fingerprint density at radius 2 is 2.00 bits per heavy atom. The number of nitrogens with zero attached hydrogens (tertiary/aromatic N) is 2. The molecule has 6 heteroatoms. The normalized spacial score (nSPS) is 16.5. The third kappa shape index (κ3) is 3.42. The summed E-state index contributed by atoms with van der Waals surface area (Å²) in [7, 11) is 3.22. The van der Waals surface area contributed by atoms with E-state index < -0.39 is 0 Å². The smallest absolute Gasteiger partial charge is 0.254 e. The van der Waals surface area contributed by atoms with E-state index in [1.54, 1.807) is 20.3 Å². The predicted molar refractivity (Wildman–Crippen MR) is 106 cm³/mol. The van der Waals surface area contributed by atoms with Crippen LogP contribution in [0.15, 0.2) is 40.8 Å². The number of carbonyl (C=O) groups excluding carboxylic acids is 1. The lowest BCUT2D eigenvalue weighted by molar-refractivity contribution is 0.0747. The first kappa shape index (κ1) is 18.3. The number of hydrogen-bond acceptors (Lipinski definition) is 5. The summed E-state index contributed by atoms with van der Waals surface area (Å²) in [5.74, 6) is 2.01. The summed E-state index contributed by atoms with van der Waals surface area (Å²) in [6.07, 6.45) is 2.65. The van der Waals surface area contributed by atoms with Crippen molar-refractivity contribution in [2.24, 2.45) is 0 Å². The van der Waals surface area contributed by atoms with Crippen LogP contribution >= 0.6 is 0 Å². The van der Waals surface area contributed by atoms with E-state index in [0.717, 1.165) is 30.5 Å². The number of rotatable bonds is 5. The van der Waals surface area contributed by atoms with Crippen molar-refractivity contribution >= 4 is 17.0 Å². The molecule has 0 unspecified atom stereocenters. The second-order valence-corrected chi connectivity index (χ2v) is 7.15. The molecular weight excluding hydrogens is 356 g/mol. The van der Waals surface area contributed by atoms with E-state index in [0.29, 0.717) is 41.0 Å². The van der Waals surface area contributed by atoms with Gasteiger partial charge in [0.15, 0.2) is 23.0 Å². The Hall–Kier alpha value is -3.02. The fraction of sp³-hybridized carbons (Fsp3) is 0.364. The van der Waals surface area contributed by atoms with Crippen molar-refractivity contribution in [2.45, 2.75) is 32.2 Å². The number of carbonyl (C=O) groups is 1. The largest absolute Gasteiger partial charge is 0.493 e. The Morgan fingerprint density at radius 1 is 1.18 bits per heavy atom. The average molecular weight is 380 g/mol. The summed E-state index contributed by atoms with van der Waals surface area (Å²) in [4.78, 5) is 19.3. The lowest BCUT2D eigenvalue weighted by Crippen LogP contribution is -2.33. The van der Waals surface area contributed by atoms with E-state index in [-0.39, 0.29) is 5.91 Å². The molecule has 28 heavy (non-hydrogen) atoms. The zero-order valence-electron chi connectivity index (χ0n) is 16.4. The van der Waals surface area contributed by atoms with Crippen molar-refractivity contribution < 1.29 is 18.7 Å². The van der Waals surface area contributed by atoms with E-state index in [1.807, 2.05) is 35.2 Å². The number of oxazole rings is 1. The highest BCUT2D eigenvalue weighted by Crippen LogP contribution is 2.29. The minimum Gasteiger partial charge on any atom is -0.493 e. The van der Waals surface area contributed by atoms with Gasteiger partial charge in [0.25, 0.3) is 5.91 Å². The summed E-state index contributed by atoms with van der Waals surface area (Å²) in [6, 6.07) is 11.5. The fourth-order valence-corrected chi connectivity index (χ4v) is 3.75. The van der Waals surface area contributed by atoms with Gasteiger partial charge in [-0.2, -0.15) is 0 Å². The molecule has 0 radical (unpaired) electrons. The van der Waals surface area contributed by atoms with Crippen LogP contribution in [0.3, 0.4) is 0 Å². The zero-order chi connectivity index (χ0) is 19.7. The number of ether oxygens (including phenoxy) is 2. The third-order valence-corrected chi connectivity index (χ3v) is 5.30. The number of benzene rings is 2. The second kappa shape index (κ2) is 7.54. The number of fused-ring (bicyclic) bond motifs is 1. The first-order valence-corrected chi connectivity index (χ1v) is 9.50. The molecule has 2 heterocycles. The molecule has 1 fully saturated rings. The molecular formula is C22H24N2O4. The van der Waals surface area contributed by atoms with Crippen LogP contribution in [0, 0.1) is 0 Å². The average Bonchev–Trinajstić information content (AvgIpc) is 3.31. The van der Waals surface area contributed by atoms with Gasteiger partial charge in [-0.3, -0.25) is 4.79 Å². The van der Waals surface area contributed by atoms with Crippen LogP contribution in [-0.4, -0.2) is 42.6 Å². The van der Waals surface area contributed by atoms with Crippen molar-refractivity contribution in [3.63, 3.8) is 0 Å². The van der Waals surface area contributed by atoms with Crippen molar-refractivity contribution in [3.8, 4) is 11.5 Å². The molecule has 146 valence electrons. The minimum atomic E-state index is 0.0599. The van der Waals surface area contributed by atoms with Crippen molar-refractivity contribution in [2.75, 3.05) is 20.8 Å². The van der Waals surface area contributed by atoms with E-state index in [1.165, 1.54) is 0 Å². The molecule has 0 aliphatic carbocycles. The van der Waals surface area contributed by atoms with Crippen LogP contribution in [0.25, 0.3) is 11.1 Å². The summed E-state index contributed by atoms with van der Waals surface area (Å²) in [5, 5.41) is 0. The fourth-order valence-electron chi connectivity index (χ4n) is 3.75. The summed E-state index contributed by atoms with van der Waals surface area (Å²) in [6.45, 7) is 2.91. The van der Waals surface area contributed by atoms with Crippen LogP contribution in [0.4, 0.5) is 0 Å². The first-order chi connectivity index (χ1) is 13.6. The van der Waals surface area contributed by atoms with Crippen LogP contribution in [-0.2, 0) is 6.42 Å². The Morgan fingerprint density at radius 3 is 2.71 bits per heavy atom. The van der Waals surface area contributed by atoms with Crippen LogP contribution in [0.5, 0.6) is 11.5 Å². The van der Waals surface area contributed by atoms with E-state index in [9.17, 15) is 4.79 Å². The maximum Gasteiger partial charge on any atom is 0.254 e. The monoisotopic (exact) mass is 380 g/mol. The van der Waals surface area contributed by atoms with Gasteiger partial charge in [0.1, 0.15) is 5.52 Å². The Balaban J connectivity index is 1.57. The second-order valence-electron chi connectivity index (χ2n) is 7.15. The summed E-state index contributed by atoms with van der Waals surface area (Å²) in [5.41, 5.74) is 3.04. The molecule has 1 atom stereocenters. The number of methoxy groups -OCH3 is 2. The van der Waals surface area contributed by atoms with Crippen LogP contribution < -0.4 is 9.47 Å². The molecule has 0 N–H and O–H groups in total. The molecule has 6 nitrogen and oxygen atoms in total. The van der Waals surface area contributed by atoms with E-state index >= 15 is 0 Å². The number of aromatic nitrogens is 1. The third-order valence-electron chi connectivity index (χ3n) is 5.30. The molecule has 0 spiro atoms. The van der Waals surface area contributed by atoms with E-state index in [2.05, 4.69) is 11.9 Å². The number of likely N-dealkylation sites (tertiary alicyclic amines) is 1. The van der Waals surface area contributed by atoms with Crippen molar-refractivity contribution in [3.05, 3.63) is 53.4 Å². The van der Waals surface area contributed by atoms with Crippen LogP contribution in [0.1, 0.15) is 41.6 Å². The lowest BCUT2D eigenvalue weighted by Gasteiger charge is -2.21. The summed E-state index contributed by atoms with van der Waals surface area (Å²) < 4.78 is 16.6. The number of hydrogen-bond donors (Lipinski definition) is 0. The SMILES string of the molecule is COc1ccc(Cc2nc3ccc(C(=O)N4CCC[C@@H]4C)cc3o2)cc1OC. The molecule has 1 aliphatic heterocycles. The Bertz CT molecular complexity index is 1010. The highest BCUT2D eigenvalue weighted by molar-refractivity contribution is 5.97. The van der Waals surface area contributed by atoms with Gasteiger partial charge in [0, 0.05) is 24.6 Å². The van der Waals surface area contributed by atoms with Gasteiger partial charge in [-0.25, -0.2) is 4.98 Å². The highest BCUT2D eigenvalue weighted by Gasteiger charge is 2.26. The molecule has 1 aliphatic rings. The summed E-state index contributed by atoms with van der Waals surface area (Å²) >= 11 is 0. The van der Waals surface area contributed by atoms with Gasteiger partial charge in [-0.15, -0.1) is 0 Å². The van der Waals surface area contributed by atoms with Gasteiger partial charge >= 0.3 is 0 Å². The lowest BCUT2D eigenvalue weighted by atomic mass is 10.1. The molecule has 4 rings (SSSR count). The molecule has 0 bridgehead atoms. The zero-order valence-corrected chi connectivity index (χ0v) is 16.4. The topological polar surface area (TPSA) is 64.8 Å². The van der Waals surface area contributed by atoms with E-state index in [4.69, 9.17) is 13.9 Å². The van der Waals surface area contributed by atoms with Gasteiger partial charge in [-0.05, 0) is 55.7 Å². The molecule has 3 aromatic rings. The van der Waals surface area contributed by atoms with Gasteiger partial charge in [-0.1, -0.05) is 6.07 Å². The van der Waals surface area contributed by atoms with Crippen LogP contribution in [0.2, 0.25) is 0 Å². The van der Waals surface area contributed by atoms with Gasteiger partial charge in [0.05, 0.1) is 14.2 Å². The maximum atomic E-state index is 12.8. The van der Waals surface area contributed by atoms with Gasteiger partial charge in [0.2, 0.25) is 0 Å². The Kier molecular flexibility index (Phi) is 4.94.